The summed E-state index contributed by atoms with van der Waals surface area (Å²) >= 11 is 0. The van der Waals surface area contributed by atoms with Gasteiger partial charge < -0.3 is 29.9 Å². The Morgan fingerprint density at radius 3 is 0.889 bits per heavy atom. The van der Waals surface area contributed by atoms with Crippen LogP contribution in [0.5, 0.6) is 0 Å². The maximum atomic E-state index is 10.8. The van der Waals surface area contributed by atoms with E-state index >= 15 is 0 Å². The third-order valence-electron chi connectivity index (χ3n) is 8.04. The van der Waals surface area contributed by atoms with Crippen LogP contribution in [0.15, 0.2) is 0 Å². The van der Waals surface area contributed by atoms with Crippen molar-refractivity contribution in [1.29, 1.82) is 0 Å². The summed E-state index contributed by atoms with van der Waals surface area (Å²) < 4.78 is 1.86. The van der Waals surface area contributed by atoms with E-state index < -0.39 is 0 Å². The molecule has 1 unspecified atom stereocenters. The molecular weight excluding hydrogens is 487 g/mol. The highest BCUT2D eigenvalue weighted by atomic mass is 35.5. The smallest absolute Gasteiger partial charge is 0.242 e. The van der Waals surface area contributed by atoms with E-state index in [-0.39, 0.29) is 37.1 Å². The molecule has 0 rings (SSSR count). The summed E-state index contributed by atoms with van der Waals surface area (Å²) in [6.45, 7) is 8.94. The predicted octanol–water partition coefficient (Wildman–Crippen LogP) is 2.70. The Bertz CT molecular complexity index is 408. The highest BCUT2D eigenvalue weighted by Gasteiger charge is 2.44. The van der Waals surface area contributed by atoms with Crippen molar-refractivity contribution in [3.05, 3.63) is 0 Å². The molecule has 1 N–H and O–H groups in total. The lowest BCUT2D eigenvalue weighted by Crippen LogP contribution is -3.00. The minimum absolute atomic E-state index is 0. The second-order valence-electron chi connectivity index (χ2n) is 12.5. The van der Waals surface area contributed by atoms with E-state index in [9.17, 15) is 5.11 Å². The van der Waals surface area contributed by atoms with Crippen LogP contribution in [0.2, 0.25) is 0 Å². The molecule has 0 aromatic heterocycles. The predicted molar refractivity (Wildman–Crippen MR) is 153 cm³/mol. The molecule has 0 heterocycles. The van der Waals surface area contributed by atoms with Crippen molar-refractivity contribution >= 4 is 0 Å². The van der Waals surface area contributed by atoms with Gasteiger partial charge in [-0.1, -0.05) is 117 Å². The first-order valence-electron chi connectivity index (χ1n) is 15.5. The van der Waals surface area contributed by atoms with Crippen molar-refractivity contribution in [2.45, 2.75) is 161 Å². The van der Waals surface area contributed by atoms with Gasteiger partial charge in [-0.25, -0.2) is 0 Å². The van der Waals surface area contributed by atoms with Gasteiger partial charge in [-0.15, -0.1) is 0 Å². The molecule has 0 saturated carbocycles. The van der Waals surface area contributed by atoms with Gasteiger partial charge in [-0.3, -0.25) is 8.97 Å². The van der Waals surface area contributed by atoms with Gasteiger partial charge in [0.05, 0.1) is 41.3 Å². The van der Waals surface area contributed by atoms with Crippen molar-refractivity contribution in [3.8, 4) is 0 Å². The Hall–Kier alpha value is 0.460. The van der Waals surface area contributed by atoms with E-state index in [4.69, 9.17) is 0 Å². The average molecular weight is 556 g/mol. The van der Waals surface area contributed by atoms with E-state index in [1.807, 2.05) is 6.92 Å². The highest BCUT2D eigenvalue weighted by Crippen LogP contribution is 2.23. The van der Waals surface area contributed by atoms with Crippen molar-refractivity contribution in [2.24, 2.45) is 0 Å². The third-order valence-corrected chi connectivity index (χ3v) is 8.04. The summed E-state index contributed by atoms with van der Waals surface area (Å²) in [4.78, 5) is 0. The zero-order valence-electron chi connectivity index (χ0n) is 25.8. The molecule has 0 fully saturated rings. The van der Waals surface area contributed by atoms with Crippen molar-refractivity contribution in [3.63, 3.8) is 0 Å². The van der Waals surface area contributed by atoms with Crippen LogP contribution in [0, 0.1) is 0 Å². The molecule has 1 atom stereocenters. The first kappa shape index (κ1) is 40.9. The van der Waals surface area contributed by atoms with E-state index in [2.05, 4.69) is 42.0 Å². The lowest BCUT2D eigenvalue weighted by Gasteiger charge is -2.48. The van der Waals surface area contributed by atoms with Crippen LogP contribution in [0.1, 0.15) is 149 Å². The lowest BCUT2D eigenvalue weighted by atomic mass is 10.0. The number of aliphatic hydroxyl groups excluding tert-OH is 1. The van der Waals surface area contributed by atoms with E-state index in [0.717, 1.165) is 8.97 Å². The van der Waals surface area contributed by atoms with Crippen LogP contribution in [0.25, 0.3) is 0 Å². The van der Waals surface area contributed by atoms with Crippen molar-refractivity contribution in [1.82, 2.24) is 0 Å². The molecule has 36 heavy (non-hydrogen) atoms. The van der Waals surface area contributed by atoms with Crippen LogP contribution >= 0.6 is 0 Å². The molecule has 0 aliphatic heterocycles. The van der Waals surface area contributed by atoms with Gasteiger partial charge in [0.15, 0.2) is 6.10 Å². The first-order valence-corrected chi connectivity index (χ1v) is 15.5. The summed E-state index contributed by atoms with van der Waals surface area (Å²) in [6.07, 6.45) is 27.7. The molecule has 3 nitrogen and oxygen atoms in total. The number of rotatable bonds is 25. The van der Waals surface area contributed by atoms with Crippen LogP contribution in [0.3, 0.4) is 0 Å². The number of hydrogen-bond donors (Lipinski definition) is 1. The third kappa shape index (κ3) is 21.4. The molecule has 0 bridgehead atoms. The van der Waals surface area contributed by atoms with Crippen LogP contribution in [-0.2, 0) is 0 Å². The fraction of sp³-hybridized carbons (Fsp3) is 1.00. The Morgan fingerprint density at radius 1 is 0.444 bits per heavy atom. The quantitative estimate of drug-likeness (QED) is 0.104. The van der Waals surface area contributed by atoms with Crippen LogP contribution in [0.4, 0.5) is 0 Å². The fourth-order valence-corrected chi connectivity index (χ4v) is 6.29. The molecule has 0 aromatic rings. The second kappa shape index (κ2) is 25.7. The molecule has 0 amide bonds. The largest absolute Gasteiger partial charge is 1.00 e. The fourth-order valence-electron chi connectivity index (χ4n) is 6.29. The molecule has 5 heteroatoms. The van der Waals surface area contributed by atoms with Gasteiger partial charge in [-0.2, -0.15) is 0 Å². The number of unbranched alkanes of at least 4 members (excludes halogenated alkanes) is 18. The normalized spacial score (nSPS) is 12.9. The maximum absolute atomic E-state index is 10.8. The molecule has 0 saturated heterocycles. The summed E-state index contributed by atoms with van der Waals surface area (Å²) in [5.41, 5.74) is 0. The van der Waals surface area contributed by atoms with Gasteiger partial charge in [0.25, 0.3) is 0 Å². The molecule has 0 aliphatic rings. The minimum atomic E-state index is -0.281. The number of quaternary nitrogens is 2. The van der Waals surface area contributed by atoms with Gasteiger partial charge in [0, 0.05) is 0 Å². The topological polar surface area (TPSA) is 20.2 Å². The monoisotopic (exact) mass is 554 g/mol. The van der Waals surface area contributed by atoms with E-state index in [0.29, 0.717) is 0 Å². The number of halogens is 2. The Kier molecular flexibility index (Phi) is 29.3. The van der Waals surface area contributed by atoms with Crippen LogP contribution in [-0.4, -0.2) is 67.6 Å². The van der Waals surface area contributed by atoms with Crippen LogP contribution < -0.4 is 24.8 Å². The van der Waals surface area contributed by atoms with Crippen molar-refractivity contribution < 1.29 is 38.9 Å². The average Bonchev–Trinajstić information content (AvgIpc) is 2.75. The Balaban J connectivity index is -0.00000544. The van der Waals surface area contributed by atoms with Gasteiger partial charge in [0.2, 0.25) is 6.17 Å². The summed E-state index contributed by atoms with van der Waals surface area (Å²) in [7, 11) is 9.40. The Morgan fingerprint density at radius 2 is 0.667 bits per heavy atom. The zero-order chi connectivity index (χ0) is 25.7. The highest BCUT2D eigenvalue weighted by molar-refractivity contribution is 4.58. The molecule has 0 aromatic carbocycles. The molecule has 0 spiro atoms. The standard InChI is InChI=1S/C31H68N2O.2ClH/c1-8-10-12-14-16-18-20-22-24-26-28-32(4,5)31(30(3)34)33(6,7)29-27-25-23-21-19-17-15-13-11-9-2;;/h30-31,34H,8-29H2,1-7H3;2*1H/q+2;;/p-2. The SMILES string of the molecule is CCCCCCCCCCCC[N+](C)(C)C(C(C)O)[N+](C)(C)CCCCCCCCCCCC.[Cl-].[Cl-]. The zero-order valence-corrected chi connectivity index (χ0v) is 27.3. The first-order chi connectivity index (χ1) is 16.2. The second-order valence-corrected chi connectivity index (χ2v) is 12.5. The lowest BCUT2D eigenvalue weighted by molar-refractivity contribution is -1.11. The van der Waals surface area contributed by atoms with E-state index in [1.54, 1.807) is 0 Å². The van der Waals surface area contributed by atoms with Gasteiger partial charge in [0.1, 0.15) is 0 Å². The maximum Gasteiger partial charge on any atom is 0.242 e. The molecule has 222 valence electrons. The summed E-state index contributed by atoms with van der Waals surface area (Å²) in [5, 5.41) is 10.8. The molecule has 0 aliphatic carbocycles. The van der Waals surface area contributed by atoms with Gasteiger partial charge >= 0.3 is 0 Å². The Labute approximate surface area is 241 Å². The summed E-state index contributed by atoms with van der Waals surface area (Å²) in [6, 6.07) is 0. The molecular formula is C31H68Cl2N2O. The minimum Gasteiger partial charge on any atom is -1.00 e. The summed E-state index contributed by atoms with van der Waals surface area (Å²) in [5.74, 6) is 0. The molecule has 0 radical (unpaired) electrons. The van der Waals surface area contributed by atoms with E-state index in [1.165, 1.54) is 142 Å². The van der Waals surface area contributed by atoms with Crippen molar-refractivity contribution in [2.75, 3.05) is 41.3 Å². The van der Waals surface area contributed by atoms with Gasteiger partial charge in [-0.05, 0) is 32.6 Å². The number of hydrogen-bond acceptors (Lipinski definition) is 1. The number of likely N-dealkylation sites (N-methyl/N-ethyl adjacent to an activating group) is 2. The number of aliphatic hydroxyl groups is 1. The number of nitrogens with zero attached hydrogens (tertiary/aromatic N) is 2.